The lowest BCUT2D eigenvalue weighted by molar-refractivity contribution is -0.301. The standard InChI is InChI=1S/C32H60O12S/c1-3-4-5-6-7-8-9-10-11-12-13-14-15-16-17-18-19-20-21-22-40-24-27(42-26(2)34)25-41-32-30(36)31(44-45(37,38)39)29(35)28(23-33)43-32/h11-12,27-33,35-36H,3-10,13-25H2,1-2H3,(H,37,38,39)/b12-11-. The maximum absolute atomic E-state index is 11.5. The van der Waals surface area contributed by atoms with E-state index in [1.807, 2.05) is 0 Å². The first-order valence-corrected chi connectivity index (χ1v) is 18.2. The number of ether oxygens (including phenoxy) is 4. The first kappa shape index (κ1) is 41.9. The van der Waals surface area contributed by atoms with Crippen molar-refractivity contribution in [2.45, 2.75) is 160 Å². The van der Waals surface area contributed by atoms with Crippen LogP contribution in [0.4, 0.5) is 0 Å². The van der Waals surface area contributed by atoms with Gasteiger partial charge in [0, 0.05) is 13.5 Å². The van der Waals surface area contributed by atoms with Crippen LogP contribution in [0.1, 0.15) is 123 Å². The zero-order valence-electron chi connectivity index (χ0n) is 27.4. The molecule has 1 aliphatic rings. The SMILES string of the molecule is CCCCCCCCC/C=C\CCCCCCCCCCOCC(COC1OC(CO)C(O)C(OS(=O)(=O)O)C1O)OC(C)=O. The lowest BCUT2D eigenvalue weighted by Crippen LogP contribution is -2.60. The number of carbonyl (C=O) groups excluding carboxylic acids is 1. The van der Waals surface area contributed by atoms with Crippen LogP contribution in [0.15, 0.2) is 12.2 Å². The summed E-state index contributed by atoms with van der Waals surface area (Å²) >= 11 is 0. The van der Waals surface area contributed by atoms with Gasteiger partial charge < -0.3 is 34.3 Å². The zero-order chi connectivity index (χ0) is 33.3. The summed E-state index contributed by atoms with van der Waals surface area (Å²) in [6.45, 7) is 2.93. The van der Waals surface area contributed by atoms with E-state index in [9.17, 15) is 28.5 Å². The van der Waals surface area contributed by atoms with Crippen molar-refractivity contribution in [3.8, 4) is 0 Å². The van der Waals surface area contributed by atoms with Crippen molar-refractivity contribution in [2.75, 3.05) is 26.4 Å². The van der Waals surface area contributed by atoms with Crippen LogP contribution in [0, 0.1) is 0 Å². The Morgan fingerprint density at radius 1 is 0.822 bits per heavy atom. The Kier molecular flexibility index (Phi) is 24.1. The van der Waals surface area contributed by atoms with Crippen LogP contribution in [0.3, 0.4) is 0 Å². The van der Waals surface area contributed by atoms with E-state index < -0.39 is 59.8 Å². The third-order valence-corrected chi connectivity index (χ3v) is 8.15. The summed E-state index contributed by atoms with van der Waals surface area (Å²) in [5, 5.41) is 29.9. The Morgan fingerprint density at radius 3 is 1.87 bits per heavy atom. The lowest BCUT2D eigenvalue weighted by Gasteiger charge is -2.41. The largest absolute Gasteiger partial charge is 0.458 e. The number of aliphatic hydroxyl groups excluding tert-OH is 3. The fourth-order valence-electron chi connectivity index (χ4n) is 5.19. The number of rotatable bonds is 28. The minimum absolute atomic E-state index is 0.0207. The van der Waals surface area contributed by atoms with Crippen molar-refractivity contribution in [2.24, 2.45) is 0 Å². The molecule has 1 saturated heterocycles. The Bertz CT molecular complexity index is 868. The van der Waals surface area contributed by atoms with Gasteiger partial charge in [-0.05, 0) is 32.1 Å². The van der Waals surface area contributed by atoms with Crippen molar-refractivity contribution in [1.82, 2.24) is 0 Å². The van der Waals surface area contributed by atoms with Gasteiger partial charge in [0.2, 0.25) is 0 Å². The molecule has 4 N–H and O–H groups in total. The summed E-state index contributed by atoms with van der Waals surface area (Å²) in [4.78, 5) is 11.5. The average molecular weight is 669 g/mol. The molecular formula is C32H60O12S. The van der Waals surface area contributed by atoms with E-state index in [4.69, 9.17) is 23.5 Å². The summed E-state index contributed by atoms with van der Waals surface area (Å²) in [5.41, 5.74) is 0. The fraction of sp³-hybridized carbons (Fsp3) is 0.906. The molecule has 1 heterocycles. The number of hydrogen-bond donors (Lipinski definition) is 4. The molecule has 1 rings (SSSR count). The summed E-state index contributed by atoms with van der Waals surface area (Å²) in [6.07, 6.45) is 16.6. The molecule has 0 amide bonds. The van der Waals surface area contributed by atoms with Crippen LogP contribution in [-0.2, 0) is 38.3 Å². The van der Waals surface area contributed by atoms with Gasteiger partial charge in [-0.1, -0.05) is 96.1 Å². The van der Waals surface area contributed by atoms with Gasteiger partial charge in [-0.15, -0.1) is 0 Å². The van der Waals surface area contributed by atoms with Crippen molar-refractivity contribution in [3.05, 3.63) is 12.2 Å². The first-order chi connectivity index (χ1) is 21.6. The highest BCUT2D eigenvalue weighted by molar-refractivity contribution is 7.80. The second-order valence-corrected chi connectivity index (χ2v) is 12.9. The van der Waals surface area contributed by atoms with E-state index in [1.54, 1.807) is 0 Å². The van der Waals surface area contributed by atoms with Crippen LogP contribution in [0.2, 0.25) is 0 Å². The lowest BCUT2D eigenvalue weighted by atomic mass is 9.99. The van der Waals surface area contributed by atoms with Gasteiger partial charge in [0.25, 0.3) is 0 Å². The minimum Gasteiger partial charge on any atom is -0.458 e. The van der Waals surface area contributed by atoms with Crippen molar-refractivity contribution in [1.29, 1.82) is 0 Å². The van der Waals surface area contributed by atoms with Gasteiger partial charge in [-0.3, -0.25) is 9.35 Å². The highest BCUT2D eigenvalue weighted by Gasteiger charge is 2.48. The van der Waals surface area contributed by atoms with E-state index >= 15 is 0 Å². The van der Waals surface area contributed by atoms with Crippen molar-refractivity contribution >= 4 is 16.4 Å². The Hall–Kier alpha value is -1.16. The van der Waals surface area contributed by atoms with Gasteiger partial charge in [-0.25, -0.2) is 4.18 Å². The molecule has 0 bridgehead atoms. The van der Waals surface area contributed by atoms with Crippen LogP contribution in [-0.4, -0.2) is 97.5 Å². The number of aliphatic hydroxyl groups is 3. The molecule has 6 unspecified atom stereocenters. The molecule has 0 aromatic heterocycles. The average Bonchev–Trinajstić information content (AvgIpc) is 2.98. The van der Waals surface area contributed by atoms with E-state index in [1.165, 1.54) is 96.8 Å². The van der Waals surface area contributed by atoms with Gasteiger partial charge in [0.05, 0.1) is 19.8 Å². The van der Waals surface area contributed by atoms with E-state index in [0.717, 1.165) is 19.3 Å². The predicted molar refractivity (Wildman–Crippen MR) is 170 cm³/mol. The van der Waals surface area contributed by atoms with Crippen molar-refractivity contribution < 1.29 is 56.2 Å². The molecule has 1 aliphatic heterocycles. The minimum atomic E-state index is -5.03. The molecule has 0 aromatic rings. The molecule has 6 atom stereocenters. The summed E-state index contributed by atoms with van der Waals surface area (Å²) in [6, 6.07) is 0. The van der Waals surface area contributed by atoms with Crippen LogP contribution in [0.5, 0.6) is 0 Å². The molecule has 0 radical (unpaired) electrons. The molecule has 0 saturated carbocycles. The third kappa shape index (κ3) is 21.4. The molecule has 1 fully saturated rings. The Morgan fingerprint density at radius 2 is 1.36 bits per heavy atom. The zero-order valence-corrected chi connectivity index (χ0v) is 28.2. The van der Waals surface area contributed by atoms with Gasteiger partial charge >= 0.3 is 16.4 Å². The van der Waals surface area contributed by atoms with Gasteiger partial charge in [0.1, 0.15) is 30.5 Å². The summed E-state index contributed by atoms with van der Waals surface area (Å²) in [7, 11) is -5.03. The second kappa shape index (κ2) is 25.9. The Balaban J connectivity index is 2.15. The monoisotopic (exact) mass is 668 g/mol. The van der Waals surface area contributed by atoms with Crippen LogP contribution < -0.4 is 0 Å². The number of esters is 1. The quantitative estimate of drug-likeness (QED) is 0.0389. The molecule has 0 aliphatic carbocycles. The number of allylic oxidation sites excluding steroid dienone is 2. The van der Waals surface area contributed by atoms with E-state index in [0.29, 0.717) is 6.61 Å². The highest BCUT2D eigenvalue weighted by atomic mass is 32.3. The van der Waals surface area contributed by atoms with Crippen LogP contribution >= 0.6 is 0 Å². The number of carbonyl (C=O) groups is 1. The smallest absolute Gasteiger partial charge is 0.397 e. The first-order valence-electron chi connectivity index (χ1n) is 16.9. The maximum Gasteiger partial charge on any atom is 0.397 e. The summed E-state index contributed by atoms with van der Waals surface area (Å²) < 4.78 is 57.2. The van der Waals surface area contributed by atoms with Gasteiger partial charge in [-0.2, -0.15) is 8.42 Å². The Labute approximate surface area is 270 Å². The highest BCUT2D eigenvalue weighted by Crippen LogP contribution is 2.25. The second-order valence-electron chi connectivity index (χ2n) is 11.8. The molecule has 0 aromatic carbocycles. The molecule has 45 heavy (non-hydrogen) atoms. The molecule has 13 heteroatoms. The van der Waals surface area contributed by atoms with Crippen molar-refractivity contribution in [3.63, 3.8) is 0 Å². The normalized spacial score (nSPS) is 23.0. The molecule has 266 valence electrons. The molecule has 0 spiro atoms. The van der Waals surface area contributed by atoms with Crippen LogP contribution in [0.25, 0.3) is 0 Å². The molecular weight excluding hydrogens is 608 g/mol. The molecule has 12 nitrogen and oxygen atoms in total. The predicted octanol–water partition coefficient (Wildman–Crippen LogP) is 4.79. The number of unbranched alkanes of at least 4 members (excludes halogenated alkanes) is 15. The van der Waals surface area contributed by atoms with E-state index in [2.05, 4.69) is 23.3 Å². The van der Waals surface area contributed by atoms with Gasteiger partial charge in [0.15, 0.2) is 6.29 Å². The summed E-state index contributed by atoms with van der Waals surface area (Å²) in [5.74, 6) is -0.576. The third-order valence-electron chi connectivity index (χ3n) is 7.69. The fourth-order valence-corrected chi connectivity index (χ4v) is 5.70. The maximum atomic E-state index is 11.5. The topological polar surface area (TPSA) is 178 Å². The number of hydrogen-bond acceptors (Lipinski definition) is 11. The van der Waals surface area contributed by atoms with E-state index in [-0.39, 0.29) is 13.2 Å².